The second kappa shape index (κ2) is 5.49. The van der Waals surface area contributed by atoms with Crippen molar-refractivity contribution < 1.29 is 9.59 Å². The number of rotatable bonds is 5. The van der Waals surface area contributed by atoms with E-state index in [4.69, 9.17) is 5.73 Å². The minimum absolute atomic E-state index is 0.149. The predicted octanol–water partition coefficient (Wildman–Crippen LogP) is 0.531. The van der Waals surface area contributed by atoms with Crippen molar-refractivity contribution in [1.82, 2.24) is 10.6 Å². The fraction of sp³-hybridized carbons (Fsp3) is 0.500. The van der Waals surface area contributed by atoms with E-state index < -0.39 is 12.1 Å². The average Bonchev–Trinajstić information content (AvgIpc) is 2.98. The molecule has 0 bridgehead atoms. The molecule has 18 heavy (non-hydrogen) atoms. The van der Waals surface area contributed by atoms with Crippen molar-refractivity contribution in [2.45, 2.75) is 37.9 Å². The molecule has 1 saturated carbocycles. The highest BCUT2D eigenvalue weighted by Crippen LogP contribution is 2.19. The molecule has 1 fully saturated rings. The second-order valence-electron chi connectivity index (χ2n) is 4.51. The summed E-state index contributed by atoms with van der Waals surface area (Å²) in [6.45, 7) is 1.66. The summed E-state index contributed by atoms with van der Waals surface area (Å²) < 4.78 is 0. The summed E-state index contributed by atoms with van der Waals surface area (Å²) >= 11 is 1.43. The molecular weight excluding hydrogens is 250 g/mol. The number of thiophene rings is 1. The highest BCUT2D eigenvalue weighted by molar-refractivity contribution is 7.10. The van der Waals surface area contributed by atoms with Crippen molar-refractivity contribution in [1.29, 1.82) is 0 Å². The van der Waals surface area contributed by atoms with Crippen LogP contribution >= 0.6 is 11.3 Å². The van der Waals surface area contributed by atoms with E-state index in [2.05, 4.69) is 10.6 Å². The van der Waals surface area contributed by atoms with E-state index in [1.807, 2.05) is 17.5 Å². The number of nitrogens with one attached hydrogen (secondary N) is 2. The molecule has 2 rings (SSSR count). The lowest BCUT2D eigenvalue weighted by molar-refractivity contribution is -0.129. The molecule has 5 nitrogen and oxygen atoms in total. The lowest BCUT2D eigenvalue weighted by atomic mass is 10.2. The average molecular weight is 267 g/mol. The van der Waals surface area contributed by atoms with Crippen LogP contribution in [-0.4, -0.2) is 23.9 Å². The van der Waals surface area contributed by atoms with Gasteiger partial charge in [-0.05, 0) is 31.2 Å². The molecular formula is C12H17N3O2S. The first kappa shape index (κ1) is 13.0. The summed E-state index contributed by atoms with van der Waals surface area (Å²) in [5.41, 5.74) is 5.81. The fourth-order valence-electron chi connectivity index (χ4n) is 1.52. The zero-order chi connectivity index (χ0) is 13.1. The largest absolute Gasteiger partial charge is 0.352 e. The molecule has 2 amide bonds. The van der Waals surface area contributed by atoms with E-state index in [1.165, 1.54) is 11.3 Å². The summed E-state index contributed by atoms with van der Waals surface area (Å²) in [5.74, 6) is -0.472. The Kier molecular flexibility index (Phi) is 3.98. The molecule has 98 valence electrons. The van der Waals surface area contributed by atoms with Crippen molar-refractivity contribution in [3.63, 3.8) is 0 Å². The van der Waals surface area contributed by atoms with Crippen LogP contribution in [0, 0.1) is 0 Å². The van der Waals surface area contributed by atoms with Crippen LogP contribution in [0.5, 0.6) is 0 Å². The van der Waals surface area contributed by atoms with Gasteiger partial charge in [0.05, 0.1) is 0 Å². The van der Waals surface area contributed by atoms with Gasteiger partial charge in [-0.2, -0.15) is 0 Å². The Morgan fingerprint density at radius 2 is 2.17 bits per heavy atom. The van der Waals surface area contributed by atoms with Crippen LogP contribution in [0.25, 0.3) is 0 Å². The molecule has 1 heterocycles. The number of nitrogens with two attached hydrogens (primary N) is 1. The molecule has 0 aliphatic heterocycles. The molecule has 0 aromatic carbocycles. The number of hydrogen-bond acceptors (Lipinski definition) is 4. The number of amides is 2. The van der Waals surface area contributed by atoms with Crippen LogP contribution in [0.4, 0.5) is 0 Å². The van der Waals surface area contributed by atoms with Gasteiger partial charge in [0.15, 0.2) is 0 Å². The Morgan fingerprint density at radius 1 is 1.44 bits per heavy atom. The fourth-order valence-corrected chi connectivity index (χ4v) is 2.25. The minimum Gasteiger partial charge on any atom is -0.352 e. The summed E-state index contributed by atoms with van der Waals surface area (Å²) in [7, 11) is 0. The van der Waals surface area contributed by atoms with Crippen LogP contribution in [0.3, 0.4) is 0 Å². The quantitative estimate of drug-likeness (QED) is 0.727. The van der Waals surface area contributed by atoms with E-state index in [1.54, 1.807) is 6.92 Å². The van der Waals surface area contributed by atoms with Gasteiger partial charge in [0.2, 0.25) is 11.8 Å². The first-order chi connectivity index (χ1) is 8.58. The maximum Gasteiger partial charge on any atom is 0.242 e. The lowest BCUT2D eigenvalue weighted by Gasteiger charge is -2.16. The van der Waals surface area contributed by atoms with E-state index in [0.29, 0.717) is 6.04 Å². The first-order valence-electron chi connectivity index (χ1n) is 5.97. The Hall–Kier alpha value is -1.40. The molecule has 2 atom stereocenters. The van der Waals surface area contributed by atoms with E-state index in [-0.39, 0.29) is 11.8 Å². The summed E-state index contributed by atoms with van der Waals surface area (Å²) in [4.78, 5) is 24.3. The van der Waals surface area contributed by atoms with Gasteiger partial charge in [0, 0.05) is 10.9 Å². The smallest absolute Gasteiger partial charge is 0.242 e. The van der Waals surface area contributed by atoms with Crippen LogP contribution in [0.2, 0.25) is 0 Å². The Balaban J connectivity index is 1.84. The maximum absolute atomic E-state index is 11.8. The van der Waals surface area contributed by atoms with Crippen LogP contribution in [-0.2, 0) is 9.59 Å². The Labute approximate surface area is 110 Å². The molecule has 1 aromatic heterocycles. The number of carbonyl (C=O) groups is 2. The minimum atomic E-state index is -0.707. The van der Waals surface area contributed by atoms with Gasteiger partial charge >= 0.3 is 0 Å². The van der Waals surface area contributed by atoms with Gasteiger partial charge in [-0.25, -0.2) is 0 Å². The molecule has 0 saturated heterocycles. The molecule has 4 N–H and O–H groups in total. The third kappa shape index (κ3) is 3.30. The van der Waals surface area contributed by atoms with Gasteiger partial charge in [0.1, 0.15) is 12.1 Å². The number of carbonyl (C=O) groups excluding carboxylic acids is 2. The highest BCUT2D eigenvalue weighted by atomic mass is 32.1. The number of hydrogen-bond donors (Lipinski definition) is 3. The second-order valence-corrected chi connectivity index (χ2v) is 5.49. The van der Waals surface area contributed by atoms with E-state index >= 15 is 0 Å². The van der Waals surface area contributed by atoms with E-state index in [0.717, 1.165) is 17.7 Å². The predicted molar refractivity (Wildman–Crippen MR) is 70.0 cm³/mol. The normalized spacial score (nSPS) is 17.9. The van der Waals surface area contributed by atoms with Gasteiger partial charge < -0.3 is 16.4 Å². The summed E-state index contributed by atoms with van der Waals surface area (Å²) in [5, 5.41) is 7.34. The molecule has 0 spiro atoms. The molecule has 0 radical (unpaired) electrons. The Morgan fingerprint density at radius 3 is 2.72 bits per heavy atom. The zero-order valence-electron chi connectivity index (χ0n) is 10.2. The van der Waals surface area contributed by atoms with Crippen molar-refractivity contribution in [3.05, 3.63) is 22.4 Å². The van der Waals surface area contributed by atoms with Gasteiger partial charge in [-0.3, -0.25) is 9.59 Å². The molecule has 1 aliphatic rings. The lowest BCUT2D eigenvalue weighted by Crippen LogP contribution is -2.48. The molecule has 1 aliphatic carbocycles. The van der Waals surface area contributed by atoms with Crippen LogP contribution in [0.1, 0.15) is 30.7 Å². The van der Waals surface area contributed by atoms with Crippen molar-refractivity contribution in [2.24, 2.45) is 5.73 Å². The zero-order valence-corrected chi connectivity index (χ0v) is 11.0. The van der Waals surface area contributed by atoms with Crippen molar-refractivity contribution in [2.75, 3.05) is 0 Å². The Bertz CT molecular complexity index is 429. The molecule has 6 heteroatoms. The third-order valence-corrected chi connectivity index (χ3v) is 3.76. The monoisotopic (exact) mass is 267 g/mol. The van der Waals surface area contributed by atoms with Crippen LogP contribution in [0.15, 0.2) is 17.5 Å². The SMILES string of the molecule is CC(NC(=O)C(N)c1cccs1)C(=O)NC1CC1. The molecule has 2 unspecified atom stereocenters. The van der Waals surface area contributed by atoms with Crippen molar-refractivity contribution >= 4 is 23.2 Å². The van der Waals surface area contributed by atoms with Gasteiger partial charge in [-0.15, -0.1) is 11.3 Å². The highest BCUT2D eigenvalue weighted by Gasteiger charge is 2.27. The summed E-state index contributed by atoms with van der Waals surface area (Å²) in [6, 6.07) is 2.69. The topological polar surface area (TPSA) is 84.2 Å². The van der Waals surface area contributed by atoms with Gasteiger partial charge in [0.25, 0.3) is 0 Å². The first-order valence-corrected chi connectivity index (χ1v) is 6.85. The third-order valence-electron chi connectivity index (χ3n) is 2.81. The van der Waals surface area contributed by atoms with Crippen LogP contribution < -0.4 is 16.4 Å². The van der Waals surface area contributed by atoms with Gasteiger partial charge in [-0.1, -0.05) is 6.07 Å². The molecule has 1 aromatic rings. The van der Waals surface area contributed by atoms with Crippen molar-refractivity contribution in [3.8, 4) is 0 Å². The standard InChI is InChI=1S/C12H17N3O2S/c1-7(11(16)15-8-4-5-8)14-12(17)10(13)9-3-2-6-18-9/h2-3,6-8,10H,4-5,13H2,1H3,(H,14,17)(H,15,16). The van der Waals surface area contributed by atoms with E-state index in [9.17, 15) is 9.59 Å². The summed E-state index contributed by atoms with van der Waals surface area (Å²) in [6.07, 6.45) is 2.06. The maximum atomic E-state index is 11.8.